The van der Waals surface area contributed by atoms with E-state index in [2.05, 4.69) is 120 Å². The fraction of sp³-hybridized carbons (Fsp3) is 0.892. The van der Waals surface area contributed by atoms with Crippen LogP contribution < -0.4 is 0 Å². The van der Waals surface area contributed by atoms with Crippen LogP contribution in [0.25, 0.3) is 0 Å². The van der Waals surface area contributed by atoms with Crippen LogP contribution >= 0.6 is 0 Å². The van der Waals surface area contributed by atoms with Crippen molar-refractivity contribution in [2.45, 2.75) is 224 Å². The molecule has 8 rings (SSSR count). The maximum absolute atomic E-state index is 15.6. The number of hydrogen-bond acceptors (Lipinski definition) is 3. The number of carbonyl (C=O) groups is 1. The molecule has 8 aliphatic rings. The van der Waals surface area contributed by atoms with E-state index >= 15 is 4.79 Å². The minimum Gasteiger partial charge on any atom is -0.393 e. The van der Waals surface area contributed by atoms with E-state index in [9.17, 15) is 10.2 Å². The van der Waals surface area contributed by atoms with Crippen molar-refractivity contribution >= 4 is 5.78 Å². The summed E-state index contributed by atoms with van der Waals surface area (Å²) in [6.07, 6.45) is 27.6. The normalized spacial score (nSPS) is 48.0. The predicted molar refractivity (Wildman–Crippen MR) is 284 cm³/mol. The molecule has 0 aromatic carbocycles. The molecule has 24 atom stereocenters. The van der Waals surface area contributed by atoms with Gasteiger partial charge < -0.3 is 10.2 Å². The topological polar surface area (TPSA) is 57.5 Å². The summed E-state index contributed by atoms with van der Waals surface area (Å²) < 4.78 is 0. The van der Waals surface area contributed by atoms with Gasteiger partial charge in [0.1, 0.15) is 5.78 Å². The van der Waals surface area contributed by atoms with Gasteiger partial charge >= 0.3 is 0 Å². The van der Waals surface area contributed by atoms with Gasteiger partial charge in [-0.3, -0.25) is 4.79 Å². The van der Waals surface area contributed by atoms with Gasteiger partial charge in [0.25, 0.3) is 0 Å². The first-order valence-electron chi connectivity index (χ1n) is 29.9. The molecule has 3 heteroatoms. The molecule has 3 nitrogen and oxygen atoms in total. The third kappa shape index (κ3) is 8.78. The lowest BCUT2D eigenvalue weighted by molar-refractivity contribution is -0.189. The minimum atomic E-state index is -0.416. The van der Waals surface area contributed by atoms with Crippen LogP contribution in [-0.4, -0.2) is 28.2 Å². The number of aliphatic hydroxyl groups is 2. The molecule has 0 amide bonds. The van der Waals surface area contributed by atoms with E-state index in [0.29, 0.717) is 52.1 Å². The molecule has 384 valence electrons. The highest BCUT2D eigenvalue weighted by Gasteiger charge is 2.67. The van der Waals surface area contributed by atoms with Crippen molar-refractivity contribution in [1.82, 2.24) is 0 Å². The monoisotopic (exact) mass is 935 g/mol. The van der Waals surface area contributed by atoms with Gasteiger partial charge in [0, 0.05) is 11.8 Å². The Hall–Kier alpha value is -1.37. The molecule has 8 unspecified atom stereocenters. The van der Waals surface area contributed by atoms with Gasteiger partial charge in [-0.1, -0.05) is 122 Å². The second-order valence-corrected chi connectivity index (χ2v) is 28.4. The zero-order valence-electron chi connectivity index (χ0n) is 46.2. The number of Topliss-reactive ketones (excluding diaryl/α,β-unsaturated/α-hetero) is 1. The van der Waals surface area contributed by atoms with E-state index in [1.807, 2.05) is 0 Å². The summed E-state index contributed by atoms with van der Waals surface area (Å²) in [4.78, 5) is 15.6. The first kappa shape index (κ1) is 52.9. The average molecular weight is 936 g/mol. The largest absolute Gasteiger partial charge is 0.393 e. The smallest absolute Gasteiger partial charge is 0.140 e. The van der Waals surface area contributed by atoms with Gasteiger partial charge in [-0.15, -0.1) is 11.5 Å². The number of rotatable bonds is 16. The molecular weight excluding hydrogens is 829 g/mol. The first-order chi connectivity index (χ1) is 32.2. The predicted octanol–water partition coefficient (Wildman–Crippen LogP) is 16.4. The SMILES string of the molecule is C=C=CC1C(C(=O)C2CC[C@@]3(C)C(C(O)C[C@H]4[C@@H]5CC[C@H]([C@H](C)CC[C@@H](CC)C(C)C)[C@@]5(C)CC[C@@H]43)C2C=C=C)CC[C@@]2(C)C1C(O)C[C@H]1[C@@H]3CC[C@H]([C@H](C)CC[C@@H](CC)C(C)C)[C@@]3(C)CC[C@@H]12. The molecule has 0 radical (unpaired) electrons. The van der Waals surface area contributed by atoms with Gasteiger partial charge in [-0.25, -0.2) is 0 Å². The molecule has 0 heterocycles. The molecule has 0 aromatic heterocycles. The number of aliphatic hydroxyl groups excluding tert-OH is 2. The van der Waals surface area contributed by atoms with Gasteiger partial charge in [0.05, 0.1) is 12.2 Å². The third-order valence-corrected chi connectivity index (χ3v) is 25.5. The van der Waals surface area contributed by atoms with Crippen molar-refractivity contribution in [3.05, 3.63) is 36.8 Å². The van der Waals surface area contributed by atoms with E-state index in [1.54, 1.807) is 0 Å². The Balaban J connectivity index is 0.976. The van der Waals surface area contributed by atoms with Crippen LogP contribution in [0, 0.1) is 140 Å². The lowest BCUT2D eigenvalue weighted by Crippen LogP contribution is -2.62. The number of ketones is 1. The molecule has 0 bridgehead atoms. The highest BCUT2D eigenvalue weighted by molar-refractivity contribution is 5.85. The fourth-order valence-corrected chi connectivity index (χ4v) is 22.0. The molecule has 68 heavy (non-hydrogen) atoms. The first-order valence-corrected chi connectivity index (χ1v) is 29.9. The standard InChI is InChI=1S/C65H106O3/c1-15-19-45-47(29-33-64(13)55-31-35-62(11)51(41(9)21-23-43(17-3)39(5)6)25-27-53(62)49(55)37-57(66)59(45)64)61(68)48-30-34-65(14)56-32-36-63(12)52(42(10)22-24-44(18-4)40(7)8)26-28-54(63)50(56)38-58(67)60(65)46(48)20-16-2/h19-20,39-60,66-67H,1-2,17-18,21-38H2,3-14H3/t41-,42-,43-,44-,45?,46?,47?,48?,49+,50+,51-,52-,53+,54+,55+,56+,57?,58?,59?,60?,62-,63-,64-,65-/m1/s1. The molecule has 8 fully saturated rings. The van der Waals surface area contributed by atoms with E-state index in [4.69, 9.17) is 0 Å². The second kappa shape index (κ2) is 20.5. The summed E-state index contributed by atoms with van der Waals surface area (Å²) in [6.45, 7) is 38.3. The van der Waals surface area contributed by atoms with E-state index in [-0.39, 0.29) is 46.3 Å². The quantitative estimate of drug-likeness (QED) is 0.152. The van der Waals surface area contributed by atoms with Crippen LogP contribution in [0.15, 0.2) is 36.8 Å². The Labute approximate surface area is 419 Å². The van der Waals surface area contributed by atoms with Crippen molar-refractivity contribution in [1.29, 1.82) is 0 Å². The number of allylic oxidation sites excluding steroid dienone is 2. The zero-order valence-corrected chi connectivity index (χ0v) is 46.2. The summed E-state index contributed by atoms with van der Waals surface area (Å²) in [7, 11) is 0. The Morgan fingerprint density at radius 3 is 1.24 bits per heavy atom. The Kier molecular flexibility index (Phi) is 16.0. The molecule has 8 saturated carbocycles. The van der Waals surface area contributed by atoms with Crippen LogP contribution in [0.5, 0.6) is 0 Å². The molecule has 8 aliphatic carbocycles. The third-order valence-electron chi connectivity index (χ3n) is 25.5. The highest BCUT2D eigenvalue weighted by atomic mass is 16.3. The fourth-order valence-electron chi connectivity index (χ4n) is 22.0. The van der Waals surface area contributed by atoms with Crippen LogP contribution in [-0.2, 0) is 4.79 Å². The number of fused-ring (bicyclic) bond motifs is 10. The number of hydrogen-bond donors (Lipinski definition) is 2. The van der Waals surface area contributed by atoms with Crippen molar-refractivity contribution in [3.8, 4) is 0 Å². The zero-order chi connectivity index (χ0) is 49.2. The molecule has 2 N–H and O–H groups in total. The van der Waals surface area contributed by atoms with Gasteiger partial charge in [-0.05, 0) is 243 Å². The van der Waals surface area contributed by atoms with Gasteiger partial charge in [0.15, 0.2) is 0 Å². The summed E-state index contributed by atoms with van der Waals surface area (Å²) in [5, 5.41) is 25.3. The second-order valence-electron chi connectivity index (χ2n) is 28.4. The summed E-state index contributed by atoms with van der Waals surface area (Å²) in [5.41, 5.74) is 7.17. The van der Waals surface area contributed by atoms with Crippen LogP contribution in [0.1, 0.15) is 212 Å². The summed E-state index contributed by atoms with van der Waals surface area (Å²) in [5.74, 6) is 10.0. The molecule has 0 aliphatic heterocycles. The Morgan fingerprint density at radius 1 is 0.544 bits per heavy atom. The molecular formula is C65H106O3. The van der Waals surface area contributed by atoms with Crippen molar-refractivity contribution in [3.63, 3.8) is 0 Å². The molecule has 0 saturated heterocycles. The van der Waals surface area contributed by atoms with Gasteiger partial charge in [-0.2, -0.15) is 0 Å². The molecule has 0 aromatic rings. The van der Waals surface area contributed by atoms with E-state index in [1.165, 1.54) is 89.9 Å². The van der Waals surface area contributed by atoms with E-state index in [0.717, 1.165) is 85.9 Å². The van der Waals surface area contributed by atoms with E-state index < -0.39 is 12.2 Å². The number of carbonyl (C=O) groups excluding carboxylic acids is 1. The van der Waals surface area contributed by atoms with Crippen molar-refractivity contribution in [2.24, 2.45) is 140 Å². The lowest BCUT2D eigenvalue weighted by atomic mass is 9.40. The highest BCUT2D eigenvalue weighted by Crippen LogP contribution is 2.72. The van der Waals surface area contributed by atoms with Crippen molar-refractivity contribution < 1.29 is 15.0 Å². The van der Waals surface area contributed by atoms with Crippen LogP contribution in [0.4, 0.5) is 0 Å². The minimum absolute atomic E-state index is 0.00750. The average Bonchev–Trinajstić information content (AvgIpc) is 3.83. The van der Waals surface area contributed by atoms with Gasteiger partial charge in [0.2, 0.25) is 0 Å². The van der Waals surface area contributed by atoms with Crippen molar-refractivity contribution in [2.75, 3.05) is 0 Å². The van der Waals surface area contributed by atoms with Crippen LogP contribution in [0.3, 0.4) is 0 Å². The summed E-state index contributed by atoms with van der Waals surface area (Å²) >= 11 is 0. The lowest BCUT2D eigenvalue weighted by Gasteiger charge is -2.65. The van der Waals surface area contributed by atoms with Crippen LogP contribution in [0.2, 0.25) is 0 Å². The Bertz CT molecular complexity index is 1720. The Morgan fingerprint density at radius 2 is 0.897 bits per heavy atom. The summed E-state index contributed by atoms with van der Waals surface area (Å²) in [6, 6.07) is 0. The maximum Gasteiger partial charge on any atom is 0.140 e. The maximum atomic E-state index is 15.6. The molecule has 0 spiro atoms.